The number of rotatable bonds is 7. The lowest BCUT2D eigenvalue weighted by Gasteiger charge is -2.16. The van der Waals surface area contributed by atoms with Gasteiger partial charge in [-0.1, -0.05) is 12.1 Å². The predicted octanol–water partition coefficient (Wildman–Crippen LogP) is 3.00. The van der Waals surface area contributed by atoms with Gasteiger partial charge in [0.05, 0.1) is 19.8 Å². The van der Waals surface area contributed by atoms with Crippen molar-refractivity contribution < 1.29 is 41.8 Å². The largest absolute Gasteiger partial charge is 0.468 e. The molecule has 27 heavy (non-hydrogen) atoms. The standard InChI is InChI=1S/C18H19F3O6/c1-11(22)27-9-8-13(10-15(16(23)25-2)17(24)26-3)12-4-6-14(7-5-12)18(19,20)21/h4-8,15H,9-10H2,1-3H3/b13-8+. The first-order chi connectivity index (χ1) is 12.6. The molecule has 0 spiro atoms. The topological polar surface area (TPSA) is 78.9 Å². The molecule has 148 valence electrons. The fourth-order valence-corrected chi connectivity index (χ4v) is 2.22. The molecule has 0 N–H and O–H groups in total. The molecule has 0 saturated carbocycles. The van der Waals surface area contributed by atoms with Crippen molar-refractivity contribution >= 4 is 23.5 Å². The van der Waals surface area contributed by atoms with E-state index in [4.69, 9.17) is 4.74 Å². The van der Waals surface area contributed by atoms with Gasteiger partial charge >= 0.3 is 24.1 Å². The molecule has 0 heterocycles. The lowest BCUT2D eigenvalue weighted by Crippen LogP contribution is -2.27. The number of ether oxygens (including phenoxy) is 3. The van der Waals surface area contributed by atoms with Crippen LogP contribution in [0.25, 0.3) is 5.57 Å². The molecule has 0 amide bonds. The predicted molar refractivity (Wildman–Crippen MR) is 88.2 cm³/mol. The van der Waals surface area contributed by atoms with Gasteiger partial charge in [-0.05, 0) is 35.8 Å². The summed E-state index contributed by atoms with van der Waals surface area (Å²) in [5.41, 5.74) is -0.193. The molecule has 0 aromatic heterocycles. The number of hydrogen-bond acceptors (Lipinski definition) is 6. The van der Waals surface area contributed by atoms with Crippen LogP contribution in [0.1, 0.15) is 24.5 Å². The van der Waals surface area contributed by atoms with Gasteiger partial charge in [-0.3, -0.25) is 14.4 Å². The van der Waals surface area contributed by atoms with E-state index in [9.17, 15) is 27.6 Å². The number of alkyl halides is 3. The molecule has 0 unspecified atom stereocenters. The van der Waals surface area contributed by atoms with Gasteiger partial charge in [0.15, 0.2) is 5.92 Å². The fraction of sp³-hybridized carbons (Fsp3) is 0.389. The lowest BCUT2D eigenvalue weighted by molar-refractivity contribution is -0.158. The Hall–Kier alpha value is -2.84. The molecule has 1 aromatic rings. The van der Waals surface area contributed by atoms with Crippen LogP contribution in [0.15, 0.2) is 30.3 Å². The summed E-state index contributed by atoms with van der Waals surface area (Å²) in [6.45, 7) is 1.01. The van der Waals surface area contributed by atoms with E-state index in [-0.39, 0.29) is 13.0 Å². The Labute approximate surface area is 153 Å². The highest BCUT2D eigenvalue weighted by atomic mass is 19.4. The van der Waals surface area contributed by atoms with Crippen molar-refractivity contribution in [2.45, 2.75) is 19.5 Å². The number of carbonyl (C=O) groups is 3. The molecule has 0 radical (unpaired) electrons. The number of allylic oxidation sites excluding steroid dienone is 1. The van der Waals surface area contributed by atoms with Gasteiger partial charge in [0.2, 0.25) is 0 Å². The highest BCUT2D eigenvalue weighted by Crippen LogP contribution is 2.31. The van der Waals surface area contributed by atoms with E-state index >= 15 is 0 Å². The second-order valence-corrected chi connectivity index (χ2v) is 5.41. The van der Waals surface area contributed by atoms with Crippen LogP contribution in [0.3, 0.4) is 0 Å². The molecule has 0 aliphatic rings. The molecule has 0 aliphatic carbocycles. The Morgan fingerprint density at radius 3 is 1.96 bits per heavy atom. The molecule has 0 atom stereocenters. The monoisotopic (exact) mass is 388 g/mol. The van der Waals surface area contributed by atoms with Crippen molar-refractivity contribution in [3.05, 3.63) is 41.5 Å². The zero-order valence-corrected chi connectivity index (χ0v) is 15.0. The maximum atomic E-state index is 12.7. The zero-order chi connectivity index (χ0) is 20.6. The quantitative estimate of drug-likeness (QED) is 0.406. The zero-order valence-electron chi connectivity index (χ0n) is 15.0. The molecule has 0 fully saturated rings. The number of carbonyl (C=O) groups excluding carboxylic acids is 3. The van der Waals surface area contributed by atoms with Crippen molar-refractivity contribution in [1.29, 1.82) is 0 Å². The van der Waals surface area contributed by atoms with Crippen molar-refractivity contribution in [2.75, 3.05) is 20.8 Å². The van der Waals surface area contributed by atoms with E-state index in [1.807, 2.05) is 0 Å². The summed E-state index contributed by atoms with van der Waals surface area (Å²) < 4.78 is 52.1. The summed E-state index contributed by atoms with van der Waals surface area (Å²) in [5.74, 6) is -3.58. The van der Waals surface area contributed by atoms with Gasteiger partial charge in [0.1, 0.15) is 6.61 Å². The number of esters is 3. The van der Waals surface area contributed by atoms with Gasteiger partial charge in [0, 0.05) is 6.92 Å². The minimum absolute atomic E-state index is 0.180. The third kappa shape index (κ3) is 6.76. The molecule has 0 aliphatic heterocycles. The van der Waals surface area contributed by atoms with E-state index in [0.29, 0.717) is 11.1 Å². The Balaban J connectivity index is 3.21. The van der Waals surface area contributed by atoms with Crippen molar-refractivity contribution in [3.8, 4) is 0 Å². The number of methoxy groups -OCH3 is 2. The molecule has 0 saturated heterocycles. The third-order valence-corrected chi connectivity index (χ3v) is 3.59. The minimum atomic E-state index is -4.50. The van der Waals surface area contributed by atoms with Crippen LogP contribution in [-0.2, 0) is 34.8 Å². The van der Waals surface area contributed by atoms with Crippen LogP contribution >= 0.6 is 0 Å². The average Bonchev–Trinajstić information content (AvgIpc) is 2.62. The molecule has 0 bridgehead atoms. The van der Waals surface area contributed by atoms with Gasteiger partial charge < -0.3 is 14.2 Å². The first-order valence-electron chi connectivity index (χ1n) is 7.75. The van der Waals surface area contributed by atoms with E-state index in [1.54, 1.807) is 0 Å². The van der Waals surface area contributed by atoms with Crippen molar-refractivity contribution in [3.63, 3.8) is 0 Å². The van der Waals surface area contributed by atoms with Gasteiger partial charge in [0.25, 0.3) is 0 Å². The lowest BCUT2D eigenvalue weighted by atomic mass is 9.93. The average molecular weight is 388 g/mol. The van der Waals surface area contributed by atoms with Crippen molar-refractivity contribution in [1.82, 2.24) is 0 Å². The van der Waals surface area contributed by atoms with Crippen molar-refractivity contribution in [2.24, 2.45) is 5.92 Å². The highest BCUT2D eigenvalue weighted by Gasteiger charge is 2.32. The molecular weight excluding hydrogens is 369 g/mol. The first kappa shape index (κ1) is 22.2. The normalized spacial score (nSPS) is 11.9. The first-order valence-corrected chi connectivity index (χ1v) is 7.75. The van der Waals surface area contributed by atoms with E-state index in [0.717, 1.165) is 26.4 Å². The number of benzene rings is 1. The maximum Gasteiger partial charge on any atom is 0.416 e. The summed E-state index contributed by atoms with van der Waals surface area (Å²) >= 11 is 0. The third-order valence-electron chi connectivity index (χ3n) is 3.59. The van der Waals surface area contributed by atoms with Crippen LogP contribution in [0, 0.1) is 5.92 Å². The maximum absolute atomic E-state index is 12.7. The van der Waals surface area contributed by atoms with Crippen LogP contribution in [-0.4, -0.2) is 38.7 Å². The summed E-state index contributed by atoms with van der Waals surface area (Å²) in [4.78, 5) is 34.6. The summed E-state index contributed by atoms with van der Waals surface area (Å²) in [7, 11) is 2.19. The molecule has 9 heteroatoms. The Morgan fingerprint density at radius 1 is 1.04 bits per heavy atom. The van der Waals surface area contributed by atoms with Gasteiger partial charge in [-0.2, -0.15) is 13.2 Å². The SMILES string of the molecule is COC(=O)C(C/C(=C\COC(C)=O)c1ccc(C(F)(F)F)cc1)C(=O)OC. The molecule has 6 nitrogen and oxygen atoms in total. The minimum Gasteiger partial charge on any atom is -0.468 e. The van der Waals surface area contributed by atoms with Crippen LogP contribution in [0.4, 0.5) is 13.2 Å². The molecule has 1 rings (SSSR count). The molecular formula is C18H19F3O6. The van der Waals surface area contributed by atoms with E-state index < -0.39 is 35.6 Å². The summed E-state index contributed by atoms with van der Waals surface area (Å²) in [6, 6.07) is 4.16. The number of halogens is 3. The fourth-order valence-electron chi connectivity index (χ4n) is 2.22. The summed E-state index contributed by atoms with van der Waals surface area (Å²) in [5, 5.41) is 0. The van der Waals surface area contributed by atoms with Crippen LogP contribution < -0.4 is 0 Å². The summed E-state index contributed by atoms with van der Waals surface area (Å²) in [6.07, 6.45) is -3.30. The Kier molecular flexibility index (Phi) is 8.01. The van der Waals surface area contributed by atoms with E-state index in [1.165, 1.54) is 25.1 Å². The van der Waals surface area contributed by atoms with Gasteiger partial charge in [-0.25, -0.2) is 0 Å². The second-order valence-electron chi connectivity index (χ2n) is 5.41. The van der Waals surface area contributed by atoms with Crippen LogP contribution in [0.5, 0.6) is 0 Å². The molecule has 1 aromatic carbocycles. The highest BCUT2D eigenvalue weighted by molar-refractivity contribution is 5.96. The second kappa shape index (κ2) is 9.75. The Bertz CT molecular complexity index is 691. The van der Waals surface area contributed by atoms with E-state index in [2.05, 4.69) is 9.47 Å². The smallest absolute Gasteiger partial charge is 0.416 e. The Morgan fingerprint density at radius 2 is 1.56 bits per heavy atom. The van der Waals surface area contributed by atoms with Crippen LogP contribution in [0.2, 0.25) is 0 Å². The number of hydrogen-bond donors (Lipinski definition) is 0. The van der Waals surface area contributed by atoms with Gasteiger partial charge in [-0.15, -0.1) is 0 Å².